The third-order valence-corrected chi connectivity index (χ3v) is 3.02. The Balaban J connectivity index is 2.30. The lowest BCUT2D eigenvalue weighted by Gasteiger charge is -2.10. The van der Waals surface area contributed by atoms with Crippen molar-refractivity contribution in [2.45, 2.75) is 20.8 Å². The number of hydrogen-bond donors (Lipinski definition) is 1. The fraction of sp³-hybridized carbons (Fsp3) is 0.188. The molecule has 0 fully saturated rings. The van der Waals surface area contributed by atoms with Crippen LogP contribution in [0.15, 0.2) is 36.4 Å². The Morgan fingerprint density at radius 3 is 2.35 bits per heavy atom. The van der Waals surface area contributed by atoms with E-state index >= 15 is 0 Å². The number of aryl methyl sites for hydroxylation is 2. The average Bonchev–Trinajstić information content (AvgIpc) is 2.38. The van der Waals surface area contributed by atoms with E-state index in [1.54, 1.807) is 43.3 Å². The summed E-state index contributed by atoms with van der Waals surface area (Å²) >= 11 is 0. The van der Waals surface area contributed by atoms with Gasteiger partial charge in [-0.1, -0.05) is 12.1 Å². The molecule has 4 heteroatoms. The molecule has 1 heterocycles. The van der Waals surface area contributed by atoms with E-state index in [9.17, 15) is 9.59 Å². The van der Waals surface area contributed by atoms with Gasteiger partial charge < -0.3 is 5.32 Å². The van der Waals surface area contributed by atoms with Gasteiger partial charge in [-0.15, -0.1) is 0 Å². The highest BCUT2D eigenvalue weighted by Gasteiger charge is 2.13. The first-order valence-electron chi connectivity index (χ1n) is 6.34. The zero-order valence-corrected chi connectivity index (χ0v) is 11.7. The highest BCUT2D eigenvalue weighted by molar-refractivity contribution is 6.09. The second-order valence-corrected chi connectivity index (χ2v) is 4.64. The van der Waals surface area contributed by atoms with Gasteiger partial charge in [0.25, 0.3) is 5.91 Å². The predicted octanol–water partition coefficient (Wildman–Crippen LogP) is 3.15. The van der Waals surface area contributed by atoms with Crippen LogP contribution in [-0.2, 0) is 0 Å². The molecule has 0 bridgehead atoms. The van der Waals surface area contributed by atoms with Gasteiger partial charge >= 0.3 is 0 Å². The quantitative estimate of drug-likeness (QED) is 0.870. The van der Waals surface area contributed by atoms with Gasteiger partial charge in [-0.25, -0.2) is 0 Å². The number of pyridine rings is 1. The van der Waals surface area contributed by atoms with E-state index in [4.69, 9.17) is 0 Å². The maximum absolute atomic E-state index is 12.3. The number of para-hydroxylation sites is 1. The van der Waals surface area contributed by atoms with Crippen molar-refractivity contribution in [2.24, 2.45) is 0 Å². The van der Waals surface area contributed by atoms with E-state index < -0.39 is 0 Å². The van der Waals surface area contributed by atoms with Gasteiger partial charge in [-0.3, -0.25) is 14.6 Å². The molecule has 0 aliphatic heterocycles. The Morgan fingerprint density at radius 2 is 1.70 bits per heavy atom. The number of hydrogen-bond acceptors (Lipinski definition) is 3. The van der Waals surface area contributed by atoms with Gasteiger partial charge in [0.2, 0.25) is 0 Å². The van der Waals surface area contributed by atoms with Crippen molar-refractivity contribution in [1.29, 1.82) is 0 Å². The number of nitrogens with one attached hydrogen (secondary N) is 1. The zero-order valence-electron chi connectivity index (χ0n) is 11.7. The van der Waals surface area contributed by atoms with Gasteiger partial charge in [0.05, 0.1) is 16.9 Å². The molecule has 0 unspecified atom stereocenters. The molecule has 102 valence electrons. The first kappa shape index (κ1) is 13.9. The molecule has 0 radical (unpaired) electrons. The Labute approximate surface area is 117 Å². The van der Waals surface area contributed by atoms with Crippen molar-refractivity contribution in [1.82, 2.24) is 4.98 Å². The van der Waals surface area contributed by atoms with Crippen LogP contribution in [0.3, 0.4) is 0 Å². The van der Waals surface area contributed by atoms with Crippen LogP contribution in [0.5, 0.6) is 0 Å². The molecule has 0 saturated carbocycles. The van der Waals surface area contributed by atoms with Crippen molar-refractivity contribution in [3.8, 4) is 0 Å². The smallest absolute Gasteiger partial charge is 0.257 e. The maximum atomic E-state index is 12.3. The molecule has 0 saturated heterocycles. The van der Waals surface area contributed by atoms with Gasteiger partial charge in [0, 0.05) is 11.3 Å². The fourth-order valence-corrected chi connectivity index (χ4v) is 2.02. The summed E-state index contributed by atoms with van der Waals surface area (Å²) < 4.78 is 0. The van der Waals surface area contributed by atoms with Crippen LogP contribution in [0.2, 0.25) is 0 Å². The summed E-state index contributed by atoms with van der Waals surface area (Å²) in [5.74, 6) is -0.344. The number of amides is 1. The van der Waals surface area contributed by atoms with E-state index in [-0.39, 0.29) is 11.7 Å². The average molecular weight is 268 g/mol. The van der Waals surface area contributed by atoms with Crippen LogP contribution < -0.4 is 5.32 Å². The molecule has 1 aromatic carbocycles. The molecule has 4 nitrogen and oxygen atoms in total. The van der Waals surface area contributed by atoms with Crippen LogP contribution in [-0.4, -0.2) is 16.7 Å². The van der Waals surface area contributed by atoms with Crippen LogP contribution in [0, 0.1) is 13.8 Å². The molecule has 0 aliphatic carbocycles. The molecule has 0 aliphatic rings. The monoisotopic (exact) mass is 268 g/mol. The Kier molecular flexibility index (Phi) is 3.94. The highest BCUT2D eigenvalue weighted by atomic mass is 16.1. The second-order valence-electron chi connectivity index (χ2n) is 4.64. The summed E-state index contributed by atoms with van der Waals surface area (Å²) in [5, 5.41) is 2.77. The van der Waals surface area contributed by atoms with E-state index in [1.165, 1.54) is 6.92 Å². The molecule has 0 atom stereocenters. The standard InChI is InChI=1S/C16H16N2O2/c1-10-8-9-13(11(2)17-10)16(20)18-15-7-5-4-6-14(15)12(3)19/h4-9H,1-3H3,(H,18,20). The number of nitrogens with zero attached hydrogens (tertiary/aromatic N) is 1. The summed E-state index contributed by atoms with van der Waals surface area (Å²) in [7, 11) is 0. The number of carbonyl (C=O) groups is 2. The topological polar surface area (TPSA) is 59.1 Å². The summed E-state index contributed by atoms with van der Waals surface area (Å²) in [6, 6.07) is 10.5. The normalized spacial score (nSPS) is 10.2. The van der Waals surface area contributed by atoms with E-state index in [1.807, 2.05) is 6.92 Å². The minimum atomic E-state index is -0.260. The zero-order chi connectivity index (χ0) is 14.7. The van der Waals surface area contributed by atoms with Crippen molar-refractivity contribution in [2.75, 3.05) is 5.32 Å². The number of ketones is 1. The number of aromatic nitrogens is 1. The van der Waals surface area contributed by atoms with Crippen LogP contribution in [0.25, 0.3) is 0 Å². The number of anilines is 1. The Bertz CT molecular complexity index is 678. The molecule has 1 aromatic heterocycles. The molecule has 1 N–H and O–H groups in total. The summed E-state index contributed by atoms with van der Waals surface area (Å²) in [5.41, 5.74) is 3.06. The van der Waals surface area contributed by atoms with Crippen molar-refractivity contribution in [3.63, 3.8) is 0 Å². The SMILES string of the molecule is CC(=O)c1ccccc1NC(=O)c1ccc(C)nc1C. The van der Waals surface area contributed by atoms with E-state index in [0.717, 1.165) is 5.69 Å². The summed E-state index contributed by atoms with van der Waals surface area (Å²) in [6.07, 6.45) is 0. The third-order valence-electron chi connectivity index (χ3n) is 3.02. The Morgan fingerprint density at radius 1 is 1.00 bits per heavy atom. The first-order chi connectivity index (χ1) is 9.49. The molecule has 2 aromatic rings. The molecule has 20 heavy (non-hydrogen) atoms. The second kappa shape index (κ2) is 5.65. The minimum Gasteiger partial charge on any atom is -0.321 e. The first-order valence-corrected chi connectivity index (χ1v) is 6.34. The van der Waals surface area contributed by atoms with E-state index in [0.29, 0.717) is 22.5 Å². The van der Waals surface area contributed by atoms with Crippen molar-refractivity contribution in [3.05, 3.63) is 58.9 Å². The largest absolute Gasteiger partial charge is 0.321 e. The number of rotatable bonds is 3. The number of Topliss-reactive ketones (excluding diaryl/α,β-unsaturated/α-hetero) is 1. The molecule has 1 amide bonds. The number of benzene rings is 1. The highest BCUT2D eigenvalue weighted by Crippen LogP contribution is 2.17. The van der Waals surface area contributed by atoms with Crippen molar-refractivity contribution < 1.29 is 9.59 Å². The lowest BCUT2D eigenvalue weighted by atomic mass is 10.1. The lowest BCUT2D eigenvalue weighted by molar-refractivity contribution is 0.101. The van der Waals surface area contributed by atoms with Gasteiger partial charge in [-0.2, -0.15) is 0 Å². The molecular weight excluding hydrogens is 252 g/mol. The minimum absolute atomic E-state index is 0.0837. The van der Waals surface area contributed by atoms with E-state index in [2.05, 4.69) is 10.3 Å². The van der Waals surface area contributed by atoms with Crippen LogP contribution >= 0.6 is 0 Å². The van der Waals surface area contributed by atoms with Gasteiger partial charge in [0.15, 0.2) is 5.78 Å². The Hall–Kier alpha value is -2.49. The summed E-state index contributed by atoms with van der Waals surface area (Å²) in [4.78, 5) is 28.1. The maximum Gasteiger partial charge on any atom is 0.257 e. The predicted molar refractivity (Wildman–Crippen MR) is 78.1 cm³/mol. The van der Waals surface area contributed by atoms with Gasteiger partial charge in [-0.05, 0) is 45.0 Å². The lowest BCUT2D eigenvalue weighted by Crippen LogP contribution is -2.16. The van der Waals surface area contributed by atoms with Crippen molar-refractivity contribution >= 4 is 17.4 Å². The summed E-state index contributed by atoms with van der Waals surface area (Å²) in [6.45, 7) is 5.14. The molecular formula is C16H16N2O2. The molecule has 0 spiro atoms. The number of carbonyl (C=O) groups excluding carboxylic acids is 2. The molecule has 2 rings (SSSR count). The fourth-order valence-electron chi connectivity index (χ4n) is 2.02. The van der Waals surface area contributed by atoms with Crippen LogP contribution in [0.4, 0.5) is 5.69 Å². The van der Waals surface area contributed by atoms with Gasteiger partial charge in [0.1, 0.15) is 0 Å². The third kappa shape index (κ3) is 2.91. The van der Waals surface area contributed by atoms with Crippen LogP contribution in [0.1, 0.15) is 39.0 Å².